The fraction of sp³-hybridized carbons (Fsp3) is 0.846. The number of rotatable bonds is 4. The van der Waals surface area contributed by atoms with Crippen LogP contribution in [0.2, 0.25) is 0 Å². The van der Waals surface area contributed by atoms with Crippen LogP contribution in [0.1, 0.15) is 30.7 Å². The number of anilines is 1. The van der Waals surface area contributed by atoms with E-state index >= 15 is 0 Å². The predicted octanol–water partition coefficient (Wildman–Crippen LogP) is 1.43. The molecule has 1 aromatic rings. The smallest absolute Gasteiger partial charge is 0.203 e. The van der Waals surface area contributed by atoms with E-state index in [0.717, 1.165) is 17.5 Å². The van der Waals surface area contributed by atoms with Gasteiger partial charge in [-0.05, 0) is 57.8 Å². The zero-order valence-electron chi connectivity index (χ0n) is 11.4. The van der Waals surface area contributed by atoms with Crippen LogP contribution in [0.3, 0.4) is 0 Å². The molecule has 0 radical (unpaired) electrons. The predicted molar refractivity (Wildman–Crippen MR) is 78.0 cm³/mol. The number of nitrogens with zero attached hydrogens (tertiary/aromatic N) is 4. The quantitative estimate of drug-likeness (QED) is 0.904. The van der Waals surface area contributed by atoms with Crippen molar-refractivity contribution in [1.82, 2.24) is 20.0 Å². The van der Waals surface area contributed by atoms with Crippen LogP contribution in [0.25, 0.3) is 0 Å². The Morgan fingerprint density at radius 2 is 1.79 bits per heavy atom. The molecule has 0 unspecified atom stereocenters. The van der Waals surface area contributed by atoms with E-state index in [1.54, 1.807) is 0 Å². The van der Waals surface area contributed by atoms with Gasteiger partial charge in [0, 0.05) is 6.54 Å². The summed E-state index contributed by atoms with van der Waals surface area (Å²) in [6, 6.07) is 0. The second-order valence-electron chi connectivity index (χ2n) is 5.76. The van der Waals surface area contributed by atoms with Gasteiger partial charge in [-0.2, -0.15) is 0 Å². The highest BCUT2D eigenvalue weighted by Gasteiger charge is 2.23. The molecule has 3 heterocycles. The van der Waals surface area contributed by atoms with Crippen molar-refractivity contribution in [2.75, 3.05) is 38.5 Å². The molecule has 0 saturated carbocycles. The summed E-state index contributed by atoms with van der Waals surface area (Å²) in [7, 11) is 0. The number of likely N-dealkylation sites (tertiary alicyclic amines) is 2. The van der Waals surface area contributed by atoms with Gasteiger partial charge in [0.15, 0.2) is 0 Å². The van der Waals surface area contributed by atoms with Crippen LogP contribution in [0, 0.1) is 5.92 Å². The second-order valence-corrected chi connectivity index (χ2v) is 6.85. The molecule has 2 saturated heterocycles. The Kier molecular flexibility index (Phi) is 4.30. The maximum absolute atomic E-state index is 5.62. The minimum atomic E-state index is 0.582. The third-order valence-electron chi connectivity index (χ3n) is 4.26. The van der Waals surface area contributed by atoms with Crippen molar-refractivity contribution < 1.29 is 0 Å². The Balaban J connectivity index is 1.41. The minimum absolute atomic E-state index is 0.582. The summed E-state index contributed by atoms with van der Waals surface area (Å²) in [6.07, 6.45) is 5.45. The van der Waals surface area contributed by atoms with Gasteiger partial charge in [-0.15, -0.1) is 10.2 Å². The number of piperidine rings is 1. The molecule has 0 aromatic carbocycles. The first-order valence-electron chi connectivity index (χ1n) is 7.32. The largest absolute Gasteiger partial charge is 0.374 e. The third-order valence-corrected chi connectivity index (χ3v) is 5.00. The standard InChI is InChI=1S/C13H23N5S/c14-13-16-15-12(19-13)10-18-7-3-11(4-8-18)9-17-5-1-2-6-17/h11H,1-10H2,(H2,14,16). The van der Waals surface area contributed by atoms with Crippen LogP contribution in [0.15, 0.2) is 0 Å². The van der Waals surface area contributed by atoms with Gasteiger partial charge in [-0.25, -0.2) is 0 Å². The molecule has 19 heavy (non-hydrogen) atoms. The molecule has 2 aliphatic heterocycles. The lowest BCUT2D eigenvalue weighted by molar-refractivity contribution is 0.148. The van der Waals surface area contributed by atoms with E-state index in [-0.39, 0.29) is 0 Å². The zero-order valence-corrected chi connectivity index (χ0v) is 12.2. The van der Waals surface area contributed by atoms with Crippen LogP contribution in [0.4, 0.5) is 5.13 Å². The van der Waals surface area contributed by atoms with Crippen molar-refractivity contribution in [3.8, 4) is 0 Å². The molecular formula is C13H23N5S. The number of nitrogen functional groups attached to an aromatic ring is 1. The molecule has 3 rings (SSSR count). The second kappa shape index (κ2) is 6.15. The fourth-order valence-electron chi connectivity index (χ4n) is 3.18. The highest BCUT2D eigenvalue weighted by molar-refractivity contribution is 7.15. The summed E-state index contributed by atoms with van der Waals surface area (Å²) in [4.78, 5) is 5.13. The normalized spacial score (nSPS) is 23.2. The molecule has 0 amide bonds. The average molecular weight is 281 g/mol. The summed E-state index contributed by atoms with van der Waals surface area (Å²) in [5, 5.41) is 9.62. The number of nitrogens with two attached hydrogens (primary N) is 1. The highest BCUT2D eigenvalue weighted by atomic mass is 32.1. The number of hydrogen-bond donors (Lipinski definition) is 1. The van der Waals surface area contributed by atoms with Gasteiger partial charge < -0.3 is 10.6 Å². The summed E-state index contributed by atoms with van der Waals surface area (Å²) < 4.78 is 0. The van der Waals surface area contributed by atoms with Gasteiger partial charge in [0.05, 0.1) is 6.54 Å². The number of hydrogen-bond acceptors (Lipinski definition) is 6. The monoisotopic (exact) mass is 281 g/mol. The molecule has 106 valence electrons. The van der Waals surface area contributed by atoms with Crippen molar-refractivity contribution >= 4 is 16.5 Å². The van der Waals surface area contributed by atoms with Crippen LogP contribution >= 0.6 is 11.3 Å². The Morgan fingerprint density at radius 1 is 1.05 bits per heavy atom. The first-order valence-corrected chi connectivity index (χ1v) is 8.14. The fourth-order valence-corrected chi connectivity index (χ4v) is 3.83. The topological polar surface area (TPSA) is 58.3 Å². The van der Waals surface area contributed by atoms with Crippen LogP contribution in [0.5, 0.6) is 0 Å². The molecule has 2 aliphatic rings. The van der Waals surface area contributed by atoms with Crippen LogP contribution in [-0.4, -0.2) is 52.7 Å². The highest BCUT2D eigenvalue weighted by Crippen LogP contribution is 2.22. The molecule has 0 aliphatic carbocycles. The van der Waals surface area contributed by atoms with Gasteiger partial charge in [0.2, 0.25) is 5.13 Å². The maximum Gasteiger partial charge on any atom is 0.203 e. The first-order chi connectivity index (χ1) is 9.29. The van der Waals surface area contributed by atoms with E-state index in [0.29, 0.717) is 5.13 Å². The SMILES string of the molecule is Nc1nnc(CN2CCC(CN3CCCC3)CC2)s1. The van der Waals surface area contributed by atoms with E-state index in [9.17, 15) is 0 Å². The van der Waals surface area contributed by atoms with Crippen LogP contribution in [-0.2, 0) is 6.54 Å². The number of aromatic nitrogens is 2. The van der Waals surface area contributed by atoms with Gasteiger partial charge in [0.25, 0.3) is 0 Å². The van der Waals surface area contributed by atoms with Crippen molar-refractivity contribution in [2.24, 2.45) is 5.92 Å². The van der Waals surface area contributed by atoms with E-state index in [1.807, 2.05) is 0 Å². The van der Waals surface area contributed by atoms with E-state index < -0.39 is 0 Å². The molecule has 2 fully saturated rings. The Hall–Kier alpha value is -0.720. The Labute approximate surface area is 118 Å². The maximum atomic E-state index is 5.62. The molecule has 6 heteroatoms. The van der Waals surface area contributed by atoms with Gasteiger partial charge in [0.1, 0.15) is 5.01 Å². The van der Waals surface area contributed by atoms with Crippen molar-refractivity contribution in [3.05, 3.63) is 5.01 Å². The van der Waals surface area contributed by atoms with Crippen molar-refractivity contribution in [2.45, 2.75) is 32.2 Å². The first kappa shape index (κ1) is 13.3. The lowest BCUT2D eigenvalue weighted by atomic mass is 9.96. The molecule has 0 atom stereocenters. The van der Waals surface area contributed by atoms with E-state index in [4.69, 9.17) is 5.73 Å². The Bertz CT molecular complexity index is 393. The lowest BCUT2D eigenvalue weighted by Gasteiger charge is -2.33. The molecular weight excluding hydrogens is 258 g/mol. The lowest BCUT2D eigenvalue weighted by Crippen LogP contribution is -2.37. The van der Waals surface area contributed by atoms with Crippen molar-refractivity contribution in [1.29, 1.82) is 0 Å². The molecule has 1 aromatic heterocycles. The zero-order chi connectivity index (χ0) is 13.1. The van der Waals surface area contributed by atoms with Gasteiger partial charge in [-0.3, -0.25) is 4.90 Å². The van der Waals surface area contributed by atoms with Crippen LogP contribution < -0.4 is 5.73 Å². The van der Waals surface area contributed by atoms with Crippen molar-refractivity contribution in [3.63, 3.8) is 0 Å². The Morgan fingerprint density at radius 3 is 2.42 bits per heavy atom. The van der Waals surface area contributed by atoms with Gasteiger partial charge >= 0.3 is 0 Å². The van der Waals surface area contributed by atoms with E-state index in [2.05, 4.69) is 20.0 Å². The summed E-state index contributed by atoms with van der Waals surface area (Å²) >= 11 is 1.51. The molecule has 0 bridgehead atoms. The van der Waals surface area contributed by atoms with E-state index in [1.165, 1.54) is 69.7 Å². The molecule has 0 spiro atoms. The summed E-state index contributed by atoms with van der Waals surface area (Å²) in [5.41, 5.74) is 5.62. The molecule has 5 nitrogen and oxygen atoms in total. The average Bonchev–Trinajstić information content (AvgIpc) is 3.04. The summed E-state index contributed by atoms with van der Waals surface area (Å²) in [5.74, 6) is 0.897. The summed E-state index contributed by atoms with van der Waals surface area (Å²) in [6.45, 7) is 7.27. The van der Waals surface area contributed by atoms with Gasteiger partial charge in [-0.1, -0.05) is 11.3 Å². The third kappa shape index (κ3) is 3.64. The minimum Gasteiger partial charge on any atom is -0.374 e. The molecule has 2 N–H and O–H groups in total.